The van der Waals surface area contributed by atoms with E-state index in [2.05, 4.69) is 36.2 Å². The van der Waals surface area contributed by atoms with Crippen LogP contribution in [-0.2, 0) is 11.3 Å². The van der Waals surface area contributed by atoms with E-state index >= 15 is 0 Å². The molecule has 0 saturated heterocycles. The van der Waals surface area contributed by atoms with Gasteiger partial charge in [0.1, 0.15) is 5.76 Å². The molecule has 0 unspecified atom stereocenters. The van der Waals surface area contributed by atoms with Gasteiger partial charge in [0.25, 0.3) is 0 Å². The highest BCUT2D eigenvalue weighted by atomic mass is 32.2. The Kier molecular flexibility index (Phi) is 5.78. The number of benzene rings is 2. The molecule has 0 N–H and O–H groups in total. The third-order valence-corrected chi connectivity index (χ3v) is 6.39. The molecule has 4 rings (SSSR count). The van der Waals surface area contributed by atoms with Crippen molar-refractivity contribution in [3.8, 4) is 0 Å². The SMILES string of the molecule is Cc1ccc(SCCC(=O)N(Cc2ccco2)c2nc3ccccc3s2)cc1. The van der Waals surface area contributed by atoms with Crippen LogP contribution in [0.1, 0.15) is 17.7 Å². The summed E-state index contributed by atoms with van der Waals surface area (Å²) in [7, 11) is 0. The fourth-order valence-electron chi connectivity index (χ4n) is 2.82. The third kappa shape index (κ3) is 4.46. The normalized spacial score (nSPS) is 11.0. The monoisotopic (exact) mass is 408 g/mol. The lowest BCUT2D eigenvalue weighted by atomic mass is 10.2. The maximum atomic E-state index is 13.0. The second-order valence-corrected chi connectivity index (χ2v) is 8.61. The third-order valence-electron chi connectivity index (χ3n) is 4.31. The number of nitrogens with zero attached hydrogens (tertiary/aromatic N) is 2. The second kappa shape index (κ2) is 8.63. The number of hydrogen-bond donors (Lipinski definition) is 0. The van der Waals surface area contributed by atoms with Gasteiger partial charge in [-0.1, -0.05) is 41.2 Å². The van der Waals surface area contributed by atoms with E-state index in [4.69, 9.17) is 4.42 Å². The van der Waals surface area contributed by atoms with Gasteiger partial charge in [-0.05, 0) is 43.3 Å². The number of aryl methyl sites for hydroxylation is 1. The molecule has 0 spiro atoms. The number of carbonyl (C=O) groups excluding carboxylic acids is 1. The zero-order chi connectivity index (χ0) is 19.3. The van der Waals surface area contributed by atoms with Crippen LogP contribution in [0.3, 0.4) is 0 Å². The molecule has 0 aliphatic carbocycles. The minimum Gasteiger partial charge on any atom is -0.467 e. The summed E-state index contributed by atoms with van der Waals surface area (Å²) < 4.78 is 6.55. The zero-order valence-corrected chi connectivity index (χ0v) is 17.1. The quantitative estimate of drug-likeness (QED) is 0.357. The molecule has 6 heteroatoms. The fourth-order valence-corrected chi connectivity index (χ4v) is 4.65. The Hall–Kier alpha value is -2.57. The topological polar surface area (TPSA) is 46.3 Å². The number of para-hydroxylation sites is 1. The number of carbonyl (C=O) groups is 1. The van der Waals surface area contributed by atoms with Crippen LogP contribution in [0.15, 0.2) is 76.2 Å². The van der Waals surface area contributed by atoms with Crippen molar-refractivity contribution in [2.75, 3.05) is 10.7 Å². The van der Waals surface area contributed by atoms with Gasteiger partial charge in [-0.3, -0.25) is 9.69 Å². The molecule has 0 saturated carbocycles. The lowest BCUT2D eigenvalue weighted by Crippen LogP contribution is -2.30. The molecular weight excluding hydrogens is 388 g/mol. The first kappa shape index (κ1) is 18.8. The second-order valence-electron chi connectivity index (χ2n) is 6.43. The molecule has 0 radical (unpaired) electrons. The van der Waals surface area contributed by atoms with Crippen LogP contribution < -0.4 is 4.90 Å². The Morgan fingerprint density at radius 2 is 1.93 bits per heavy atom. The number of anilines is 1. The Labute approximate surface area is 172 Å². The summed E-state index contributed by atoms with van der Waals surface area (Å²) in [5.74, 6) is 1.52. The van der Waals surface area contributed by atoms with Gasteiger partial charge in [-0.15, -0.1) is 11.8 Å². The molecule has 0 aliphatic heterocycles. The summed E-state index contributed by atoms with van der Waals surface area (Å²) in [6.45, 7) is 2.46. The van der Waals surface area contributed by atoms with E-state index in [0.29, 0.717) is 18.1 Å². The van der Waals surface area contributed by atoms with Crippen LogP contribution in [0.2, 0.25) is 0 Å². The van der Waals surface area contributed by atoms with Crippen molar-refractivity contribution in [3.05, 3.63) is 78.3 Å². The Balaban J connectivity index is 1.49. The minimum atomic E-state index is 0.0510. The van der Waals surface area contributed by atoms with E-state index in [0.717, 1.165) is 21.7 Å². The Morgan fingerprint density at radius 3 is 2.68 bits per heavy atom. The van der Waals surface area contributed by atoms with E-state index < -0.39 is 0 Å². The highest BCUT2D eigenvalue weighted by Gasteiger charge is 2.21. The number of thiazole rings is 1. The average molecular weight is 409 g/mol. The predicted octanol–water partition coefficient (Wildman–Crippen LogP) is 5.91. The highest BCUT2D eigenvalue weighted by molar-refractivity contribution is 7.99. The van der Waals surface area contributed by atoms with Gasteiger partial charge in [0, 0.05) is 17.1 Å². The number of fused-ring (bicyclic) bond motifs is 1. The van der Waals surface area contributed by atoms with Crippen molar-refractivity contribution in [1.29, 1.82) is 0 Å². The van der Waals surface area contributed by atoms with Gasteiger partial charge in [0.05, 0.1) is 23.0 Å². The van der Waals surface area contributed by atoms with Crippen LogP contribution in [0, 0.1) is 6.92 Å². The van der Waals surface area contributed by atoms with Crippen molar-refractivity contribution >= 4 is 44.4 Å². The maximum Gasteiger partial charge on any atom is 0.230 e. The number of amides is 1. The standard InChI is InChI=1S/C22H20N2O2S2/c1-16-8-10-18(11-9-16)27-14-12-21(25)24(15-17-5-4-13-26-17)22-23-19-6-2-3-7-20(19)28-22/h2-11,13H,12,14-15H2,1H3. The summed E-state index contributed by atoms with van der Waals surface area (Å²) in [5.41, 5.74) is 2.15. The first-order valence-electron chi connectivity index (χ1n) is 9.07. The Bertz CT molecular complexity index is 1020. The highest BCUT2D eigenvalue weighted by Crippen LogP contribution is 2.30. The van der Waals surface area contributed by atoms with Crippen LogP contribution in [-0.4, -0.2) is 16.6 Å². The van der Waals surface area contributed by atoms with E-state index in [9.17, 15) is 4.79 Å². The summed E-state index contributed by atoms with van der Waals surface area (Å²) in [6, 6.07) is 20.0. The molecular formula is C22H20N2O2S2. The van der Waals surface area contributed by atoms with Crippen molar-refractivity contribution in [1.82, 2.24) is 4.98 Å². The van der Waals surface area contributed by atoms with E-state index in [1.54, 1.807) is 22.9 Å². The van der Waals surface area contributed by atoms with E-state index in [-0.39, 0.29) is 5.91 Å². The minimum absolute atomic E-state index is 0.0510. The van der Waals surface area contributed by atoms with Gasteiger partial charge in [-0.2, -0.15) is 0 Å². The molecule has 4 aromatic rings. The molecule has 0 fully saturated rings. The number of aromatic nitrogens is 1. The average Bonchev–Trinajstić information content (AvgIpc) is 3.36. The Morgan fingerprint density at radius 1 is 1.11 bits per heavy atom. The number of hydrogen-bond acceptors (Lipinski definition) is 5. The largest absolute Gasteiger partial charge is 0.467 e. The molecule has 4 nitrogen and oxygen atoms in total. The van der Waals surface area contributed by atoms with Crippen molar-refractivity contribution < 1.29 is 9.21 Å². The van der Waals surface area contributed by atoms with Gasteiger partial charge in [-0.25, -0.2) is 4.98 Å². The molecule has 2 heterocycles. The van der Waals surface area contributed by atoms with Crippen LogP contribution in [0.4, 0.5) is 5.13 Å². The molecule has 0 atom stereocenters. The number of furan rings is 1. The first-order chi connectivity index (χ1) is 13.7. The van der Waals surface area contributed by atoms with Crippen LogP contribution in [0.5, 0.6) is 0 Å². The molecule has 28 heavy (non-hydrogen) atoms. The van der Waals surface area contributed by atoms with Crippen LogP contribution >= 0.6 is 23.1 Å². The predicted molar refractivity (Wildman–Crippen MR) is 116 cm³/mol. The van der Waals surface area contributed by atoms with Gasteiger partial charge in [0.15, 0.2) is 5.13 Å². The van der Waals surface area contributed by atoms with E-state index in [1.807, 2.05) is 36.4 Å². The molecule has 2 aromatic carbocycles. The molecule has 0 bridgehead atoms. The smallest absolute Gasteiger partial charge is 0.230 e. The number of thioether (sulfide) groups is 1. The summed E-state index contributed by atoms with van der Waals surface area (Å²) in [5, 5.41) is 0.711. The summed E-state index contributed by atoms with van der Waals surface area (Å²) in [6.07, 6.45) is 2.07. The number of rotatable bonds is 7. The van der Waals surface area contributed by atoms with Crippen LogP contribution in [0.25, 0.3) is 10.2 Å². The zero-order valence-electron chi connectivity index (χ0n) is 15.5. The van der Waals surface area contributed by atoms with Crippen molar-refractivity contribution in [2.45, 2.75) is 24.8 Å². The van der Waals surface area contributed by atoms with Crippen molar-refractivity contribution in [3.63, 3.8) is 0 Å². The van der Waals surface area contributed by atoms with Gasteiger partial charge < -0.3 is 4.42 Å². The lowest BCUT2D eigenvalue weighted by molar-refractivity contribution is -0.118. The maximum absolute atomic E-state index is 13.0. The lowest BCUT2D eigenvalue weighted by Gasteiger charge is -2.18. The van der Waals surface area contributed by atoms with Gasteiger partial charge >= 0.3 is 0 Å². The van der Waals surface area contributed by atoms with Crippen molar-refractivity contribution in [2.24, 2.45) is 0 Å². The first-order valence-corrected chi connectivity index (χ1v) is 10.9. The molecule has 142 valence electrons. The molecule has 0 aliphatic rings. The molecule has 1 amide bonds. The molecule has 2 aromatic heterocycles. The summed E-state index contributed by atoms with van der Waals surface area (Å²) >= 11 is 3.23. The van der Waals surface area contributed by atoms with Gasteiger partial charge in [0.2, 0.25) is 5.91 Å². The van der Waals surface area contributed by atoms with E-state index in [1.165, 1.54) is 21.8 Å². The summed E-state index contributed by atoms with van der Waals surface area (Å²) in [4.78, 5) is 20.6. The fraction of sp³-hybridized carbons (Fsp3) is 0.182.